The number of hydrazine groups is 1. The van der Waals surface area contributed by atoms with Crippen molar-refractivity contribution >= 4 is 0 Å². The maximum absolute atomic E-state index is 12.8. The van der Waals surface area contributed by atoms with Crippen LogP contribution < -0.4 is 21.3 Å². The second-order valence-corrected chi connectivity index (χ2v) is 6.65. The number of benzene rings is 2. The Kier molecular flexibility index (Phi) is 4.93. The smallest absolute Gasteiger partial charge is 0.350 e. The van der Waals surface area contributed by atoms with Crippen LogP contribution in [0.4, 0.5) is 0 Å². The van der Waals surface area contributed by atoms with Gasteiger partial charge in [-0.3, -0.25) is 15.4 Å². The second-order valence-electron chi connectivity index (χ2n) is 6.65. The molecule has 0 bridgehead atoms. The van der Waals surface area contributed by atoms with E-state index in [2.05, 4.69) is 22.0 Å². The molecule has 0 unspecified atom stereocenters. The lowest BCUT2D eigenvalue weighted by Crippen LogP contribution is -2.24. The van der Waals surface area contributed by atoms with Crippen LogP contribution >= 0.6 is 0 Å². The molecule has 2 aromatic carbocycles. The third-order valence-electron chi connectivity index (χ3n) is 4.87. The zero-order chi connectivity index (χ0) is 19.5. The minimum Gasteiger partial charge on any atom is -0.496 e. The van der Waals surface area contributed by atoms with Gasteiger partial charge in [-0.1, -0.05) is 18.2 Å². The fourth-order valence-electron chi connectivity index (χ4n) is 3.41. The molecule has 1 saturated heterocycles. The maximum Gasteiger partial charge on any atom is 0.350 e. The van der Waals surface area contributed by atoms with Gasteiger partial charge in [0.1, 0.15) is 12.1 Å². The Morgan fingerprint density at radius 3 is 2.82 bits per heavy atom. The molecule has 2 heterocycles. The first-order valence-electron chi connectivity index (χ1n) is 8.97. The molecule has 1 aromatic heterocycles. The van der Waals surface area contributed by atoms with Crippen molar-refractivity contribution in [1.82, 2.24) is 25.2 Å². The van der Waals surface area contributed by atoms with Gasteiger partial charge in [0, 0.05) is 25.1 Å². The van der Waals surface area contributed by atoms with Crippen molar-refractivity contribution < 1.29 is 4.74 Å². The number of hydrogen-bond acceptors (Lipinski definition) is 6. The number of ether oxygens (including phenoxy) is 1. The van der Waals surface area contributed by atoms with Gasteiger partial charge in [0.15, 0.2) is 0 Å². The van der Waals surface area contributed by atoms with E-state index >= 15 is 0 Å². The van der Waals surface area contributed by atoms with Crippen molar-refractivity contribution in [2.75, 3.05) is 20.2 Å². The van der Waals surface area contributed by atoms with Crippen LogP contribution in [-0.2, 0) is 6.54 Å². The molecule has 142 valence electrons. The summed E-state index contributed by atoms with van der Waals surface area (Å²) in [7, 11) is 1.63. The lowest BCUT2D eigenvalue weighted by atomic mass is 9.99. The summed E-state index contributed by atoms with van der Waals surface area (Å²) in [5.74, 6) is 1.04. The van der Waals surface area contributed by atoms with E-state index in [9.17, 15) is 4.79 Å². The maximum atomic E-state index is 12.8. The van der Waals surface area contributed by atoms with E-state index in [0.29, 0.717) is 23.7 Å². The molecule has 4 rings (SSSR count). The minimum absolute atomic E-state index is 0.249. The molecule has 28 heavy (non-hydrogen) atoms. The Morgan fingerprint density at radius 1 is 1.25 bits per heavy atom. The van der Waals surface area contributed by atoms with Gasteiger partial charge in [-0.2, -0.15) is 15.0 Å². The van der Waals surface area contributed by atoms with Gasteiger partial charge in [-0.25, -0.2) is 4.79 Å². The molecule has 8 nitrogen and oxygen atoms in total. The summed E-state index contributed by atoms with van der Waals surface area (Å²) in [6, 6.07) is 15.0. The third-order valence-corrected chi connectivity index (χ3v) is 4.87. The highest BCUT2D eigenvalue weighted by Gasteiger charge is 2.21. The zero-order valence-corrected chi connectivity index (χ0v) is 15.4. The molecule has 1 aliphatic rings. The number of rotatable bonds is 5. The third kappa shape index (κ3) is 3.41. The molecular weight excluding hydrogens is 356 g/mol. The van der Waals surface area contributed by atoms with Gasteiger partial charge in [-0.05, 0) is 29.3 Å². The van der Waals surface area contributed by atoms with Crippen LogP contribution in [0.15, 0.2) is 53.6 Å². The predicted octanol–water partition coefficient (Wildman–Crippen LogP) is 1.15. The molecule has 8 heteroatoms. The summed E-state index contributed by atoms with van der Waals surface area (Å²) in [6.07, 6.45) is 1.51. The molecule has 2 N–H and O–H groups in total. The molecule has 0 aliphatic carbocycles. The Morgan fingerprint density at radius 2 is 2.07 bits per heavy atom. The van der Waals surface area contributed by atoms with Gasteiger partial charge in [0.2, 0.25) is 0 Å². The van der Waals surface area contributed by atoms with Crippen molar-refractivity contribution in [2.24, 2.45) is 0 Å². The highest BCUT2D eigenvalue weighted by molar-refractivity contribution is 5.46. The van der Waals surface area contributed by atoms with Crippen LogP contribution in [0.2, 0.25) is 0 Å². The highest BCUT2D eigenvalue weighted by atomic mass is 16.5. The van der Waals surface area contributed by atoms with E-state index in [1.165, 1.54) is 15.6 Å². The van der Waals surface area contributed by atoms with E-state index in [1.807, 2.05) is 24.3 Å². The molecule has 0 amide bonds. The Hall–Kier alpha value is -3.41. The van der Waals surface area contributed by atoms with Crippen LogP contribution in [0.1, 0.15) is 22.6 Å². The quantitative estimate of drug-likeness (QED) is 0.694. The van der Waals surface area contributed by atoms with Crippen molar-refractivity contribution in [3.8, 4) is 17.5 Å². The number of hydrogen-bond donors (Lipinski definition) is 2. The molecule has 1 aliphatic heterocycles. The number of aromatic nitrogens is 3. The first-order valence-corrected chi connectivity index (χ1v) is 8.97. The van der Waals surface area contributed by atoms with Crippen molar-refractivity contribution in [2.45, 2.75) is 12.5 Å². The van der Waals surface area contributed by atoms with E-state index in [0.717, 1.165) is 30.0 Å². The van der Waals surface area contributed by atoms with E-state index < -0.39 is 0 Å². The number of methoxy groups -OCH3 is 1. The van der Waals surface area contributed by atoms with Gasteiger partial charge in [0.25, 0.3) is 0 Å². The first-order chi connectivity index (χ1) is 13.7. The van der Waals surface area contributed by atoms with Crippen molar-refractivity contribution in [3.63, 3.8) is 0 Å². The Labute approximate surface area is 162 Å². The average Bonchev–Trinajstić information content (AvgIpc) is 3.38. The normalized spacial score (nSPS) is 14.1. The van der Waals surface area contributed by atoms with Gasteiger partial charge < -0.3 is 4.74 Å². The Bertz CT molecular complexity index is 1090. The van der Waals surface area contributed by atoms with E-state index in [4.69, 9.17) is 10.00 Å². The Balaban J connectivity index is 1.63. The minimum atomic E-state index is -0.249. The highest BCUT2D eigenvalue weighted by Crippen LogP contribution is 2.29. The van der Waals surface area contributed by atoms with Crippen molar-refractivity contribution in [1.29, 1.82) is 5.26 Å². The molecule has 0 spiro atoms. The largest absolute Gasteiger partial charge is 0.496 e. The fourth-order valence-corrected chi connectivity index (χ4v) is 3.41. The van der Waals surface area contributed by atoms with E-state index in [-0.39, 0.29) is 5.69 Å². The topological polar surface area (TPSA) is 96.9 Å². The lowest BCUT2D eigenvalue weighted by Gasteiger charge is -2.14. The predicted molar refractivity (Wildman–Crippen MR) is 103 cm³/mol. The van der Waals surface area contributed by atoms with Crippen molar-refractivity contribution in [3.05, 3.63) is 76.0 Å². The van der Waals surface area contributed by atoms with Crippen LogP contribution in [0.3, 0.4) is 0 Å². The molecular formula is C20H20N6O2. The number of nitrogens with zero attached hydrogens (tertiary/aromatic N) is 4. The summed E-state index contributed by atoms with van der Waals surface area (Å²) in [5, 5.41) is 13.3. The zero-order valence-electron chi connectivity index (χ0n) is 15.4. The number of nitrogens with one attached hydrogen (secondary N) is 2. The molecule has 0 saturated carbocycles. The second kappa shape index (κ2) is 7.68. The lowest BCUT2D eigenvalue weighted by molar-refractivity contribution is 0.406. The summed E-state index contributed by atoms with van der Waals surface area (Å²) >= 11 is 0. The standard InChI is InChI=1S/C20H20N6O2/c1-28-19-8-17(5-6-18(19)16-10-22-23-11-16)26-20(27)25(13-24-26)12-15-4-2-3-14(7-15)9-21/h2-8,13,16,22-23H,10-12H2,1H3. The van der Waals surface area contributed by atoms with Crippen LogP contribution in [0, 0.1) is 11.3 Å². The van der Waals surface area contributed by atoms with Crippen LogP contribution in [0.5, 0.6) is 5.75 Å². The SMILES string of the molecule is COc1cc(-n2ncn(Cc3cccc(C#N)c3)c2=O)ccc1C1CNNC1. The van der Waals surface area contributed by atoms with Gasteiger partial charge in [-0.15, -0.1) is 0 Å². The summed E-state index contributed by atoms with van der Waals surface area (Å²) in [4.78, 5) is 12.8. The molecule has 0 radical (unpaired) electrons. The molecule has 0 atom stereocenters. The summed E-state index contributed by atoms with van der Waals surface area (Å²) in [5.41, 5.74) is 9.15. The molecule has 1 fully saturated rings. The van der Waals surface area contributed by atoms with E-state index in [1.54, 1.807) is 25.3 Å². The fraction of sp³-hybridized carbons (Fsp3) is 0.250. The summed E-state index contributed by atoms with van der Waals surface area (Å²) < 4.78 is 8.42. The first kappa shape index (κ1) is 18.0. The summed E-state index contributed by atoms with van der Waals surface area (Å²) in [6.45, 7) is 2.00. The van der Waals surface area contributed by atoms with Crippen LogP contribution in [-0.4, -0.2) is 34.5 Å². The molecule has 3 aromatic rings. The number of nitriles is 1. The van der Waals surface area contributed by atoms with Crippen LogP contribution in [0.25, 0.3) is 5.69 Å². The average molecular weight is 376 g/mol. The monoisotopic (exact) mass is 376 g/mol. The van der Waals surface area contributed by atoms with Gasteiger partial charge >= 0.3 is 5.69 Å². The van der Waals surface area contributed by atoms with Gasteiger partial charge in [0.05, 0.1) is 31.0 Å².